The van der Waals surface area contributed by atoms with E-state index in [2.05, 4.69) is 41.6 Å². The first kappa shape index (κ1) is 19.7. The van der Waals surface area contributed by atoms with Crippen LogP contribution in [0.2, 0.25) is 0 Å². The van der Waals surface area contributed by atoms with Gasteiger partial charge in [-0.05, 0) is 61.7 Å². The summed E-state index contributed by atoms with van der Waals surface area (Å²) in [6.07, 6.45) is 3.41. The summed E-state index contributed by atoms with van der Waals surface area (Å²) < 4.78 is 7.23. The third kappa shape index (κ3) is 4.71. The fraction of sp³-hybridized carbons (Fsp3) is 0.304. The zero-order valence-corrected chi connectivity index (χ0v) is 17.5. The van der Waals surface area contributed by atoms with Gasteiger partial charge in [0.15, 0.2) is 0 Å². The third-order valence-electron chi connectivity index (χ3n) is 5.22. The van der Waals surface area contributed by atoms with Crippen LogP contribution in [0.5, 0.6) is 0 Å². The van der Waals surface area contributed by atoms with Crippen molar-refractivity contribution in [3.63, 3.8) is 0 Å². The van der Waals surface area contributed by atoms with Crippen molar-refractivity contribution in [1.82, 2.24) is 9.78 Å². The Kier molecular flexibility index (Phi) is 6.02. The lowest BCUT2D eigenvalue weighted by atomic mass is 9.99. The van der Waals surface area contributed by atoms with Crippen LogP contribution in [0.25, 0.3) is 11.3 Å². The predicted octanol–water partition coefficient (Wildman–Crippen LogP) is 4.91. The maximum Gasteiger partial charge on any atom is 0.227 e. The van der Waals surface area contributed by atoms with Crippen LogP contribution in [0.15, 0.2) is 64.5 Å². The molecule has 0 bridgehead atoms. The molecule has 0 atom stereocenters. The number of nitrogens with one attached hydrogen (secondary N) is 1. The van der Waals surface area contributed by atoms with Crippen LogP contribution in [0.3, 0.4) is 0 Å². The second-order valence-electron chi connectivity index (χ2n) is 7.32. The summed E-state index contributed by atoms with van der Waals surface area (Å²) in [6, 6.07) is 16.5. The number of nitrogens with zero attached hydrogens (tertiary/aromatic N) is 2. The summed E-state index contributed by atoms with van der Waals surface area (Å²) >= 11 is 1.70. The summed E-state index contributed by atoms with van der Waals surface area (Å²) in [5.74, 6) is 0.133. The smallest absolute Gasteiger partial charge is 0.227 e. The number of rotatable bonds is 5. The van der Waals surface area contributed by atoms with Crippen molar-refractivity contribution in [3.8, 4) is 11.3 Å². The molecule has 1 aromatic heterocycles. The van der Waals surface area contributed by atoms with E-state index in [-0.39, 0.29) is 11.8 Å². The molecule has 2 heterocycles. The molecule has 0 aliphatic carbocycles. The van der Waals surface area contributed by atoms with Gasteiger partial charge in [0.25, 0.3) is 0 Å². The Bertz CT molecular complexity index is 1010. The molecule has 5 nitrogen and oxygen atoms in total. The van der Waals surface area contributed by atoms with E-state index in [1.165, 1.54) is 16.0 Å². The molecule has 6 heteroatoms. The van der Waals surface area contributed by atoms with Crippen LogP contribution in [-0.4, -0.2) is 28.9 Å². The van der Waals surface area contributed by atoms with E-state index in [9.17, 15) is 4.79 Å². The molecule has 1 fully saturated rings. The normalized spacial score (nSPS) is 14.7. The number of benzene rings is 2. The van der Waals surface area contributed by atoms with Crippen LogP contribution >= 0.6 is 11.8 Å². The zero-order valence-electron chi connectivity index (χ0n) is 16.7. The van der Waals surface area contributed by atoms with Gasteiger partial charge in [0.05, 0.1) is 5.69 Å². The number of anilines is 1. The Morgan fingerprint density at radius 2 is 1.93 bits per heavy atom. The van der Waals surface area contributed by atoms with E-state index in [4.69, 9.17) is 4.74 Å². The van der Waals surface area contributed by atoms with E-state index < -0.39 is 0 Å². The van der Waals surface area contributed by atoms with Crippen molar-refractivity contribution in [3.05, 3.63) is 60.3 Å². The van der Waals surface area contributed by atoms with Crippen molar-refractivity contribution in [2.75, 3.05) is 18.5 Å². The van der Waals surface area contributed by atoms with Crippen molar-refractivity contribution in [2.24, 2.45) is 13.0 Å². The summed E-state index contributed by atoms with van der Waals surface area (Å²) in [7, 11) is 1.96. The average molecular weight is 408 g/mol. The highest BCUT2D eigenvalue weighted by molar-refractivity contribution is 7.99. The molecule has 1 N–H and O–H groups in total. The molecule has 1 amide bonds. The van der Waals surface area contributed by atoms with Crippen LogP contribution in [-0.2, 0) is 16.6 Å². The third-order valence-corrected chi connectivity index (χ3v) is 6.20. The van der Waals surface area contributed by atoms with Gasteiger partial charge in [-0.2, -0.15) is 5.10 Å². The Morgan fingerprint density at radius 1 is 1.14 bits per heavy atom. The van der Waals surface area contributed by atoms with E-state index in [1.807, 2.05) is 42.2 Å². The molecule has 0 spiro atoms. The van der Waals surface area contributed by atoms with Crippen molar-refractivity contribution in [1.29, 1.82) is 0 Å². The summed E-state index contributed by atoms with van der Waals surface area (Å²) in [6.45, 7) is 3.46. The number of amides is 1. The molecule has 1 aliphatic rings. The van der Waals surface area contributed by atoms with Crippen molar-refractivity contribution in [2.45, 2.75) is 29.6 Å². The van der Waals surface area contributed by atoms with Gasteiger partial charge in [0, 0.05) is 53.4 Å². The number of carbonyl (C=O) groups excluding carboxylic acids is 1. The fourth-order valence-electron chi connectivity index (χ4n) is 3.60. The van der Waals surface area contributed by atoms with Crippen LogP contribution in [0, 0.1) is 12.8 Å². The SMILES string of the molecule is Cc1cc(Sc2cccc(NC(=O)C3CCOCC3)c2)ccc1-c1ccnn1C. The highest BCUT2D eigenvalue weighted by Gasteiger charge is 2.21. The Labute approximate surface area is 175 Å². The van der Waals surface area contributed by atoms with Gasteiger partial charge in [0.1, 0.15) is 0 Å². The van der Waals surface area contributed by atoms with Gasteiger partial charge in [-0.25, -0.2) is 0 Å². The number of ether oxygens (including phenoxy) is 1. The molecule has 0 saturated carbocycles. The number of aromatic nitrogens is 2. The number of carbonyl (C=O) groups is 1. The van der Waals surface area contributed by atoms with E-state index in [0.717, 1.165) is 29.1 Å². The molecule has 29 heavy (non-hydrogen) atoms. The minimum Gasteiger partial charge on any atom is -0.381 e. The summed E-state index contributed by atoms with van der Waals surface area (Å²) in [4.78, 5) is 14.7. The zero-order chi connectivity index (χ0) is 20.2. The second-order valence-corrected chi connectivity index (χ2v) is 8.47. The van der Waals surface area contributed by atoms with Crippen LogP contribution in [0.1, 0.15) is 18.4 Å². The van der Waals surface area contributed by atoms with Gasteiger partial charge in [-0.3, -0.25) is 9.48 Å². The molecule has 0 radical (unpaired) electrons. The minimum atomic E-state index is 0.0438. The van der Waals surface area contributed by atoms with Crippen molar-refractivity contribution >= 4 is 23.4 Å². The van der Waals surface area contributed by atoms with Gasteiger partial charge in [0.2, 0.25) is 5.91 Å². The number of hydrogen-bond acceptors (Lipinski definition) is 4. The lowest BCUT2D eigenvalue weighted by Crippen LogP contribution is -2.28. The lowest BCUT2D eigenvalue weighted by Gasteiger charge is -2.21. The first-order valence-electron chi connectivity index (χ1n) is 9.86. The van der Waals surface area contributed by atoms with Crippen LogP contribution in [0.4, 0.5) is 5.69 Å². The molecule has 4 rings (SSSR count). The van der Waals surface area contributed by atoms with E-state index in [0.29, 0.717) is 13.2 Å². The Morgan fingerprint density at radius 3 is 2.66 bits per heavy atom. The minimum absolute atomic E-state index is 0.0438. The highest BCUT2D eigenvalue weighted by atomic mass is 32.2. The maximum absolute atomic E-state index is 12.5. The molecule has 1 aliphatic heterocycles. The first-order chi connectivity index (χ1) is 14.1. The average Bonchev–Trinajstić information content (AvgIpc) is 3.15. The topological polar surface area (TPSA) is 56.1 Å². The van der Waals surface area contributed by atoms with E-state index >= 15 is 0 Å². The highest BCUT2D eigenvalue weighted by Crippen LogP contribution is 2.33. The molecular weight excluding hydrogens is 382 g/mol. The predicted molar refractivity (Wildman–Crippen MR) is 116 cm³/mol. The summed E-state index contributed by atoms with van der Waals surface area (Å²) in [5, 5.41) is 7.33. The number of aryl methyl sites for hydroxylation is 2. The standard InChI is InChI=1S/C23H25N3O2S/c1-16-14-20(6-7-21(16)22-8-11-24-26(22)2)29-19-5-3-4-18(15-19)25-23(27)17-9-12-28-13-10-17/h3-8,11,14-15,17H,9-10,12-13H2,1-2H3,(H,25,27). The van der Waals surface area contributed by atoms with Gasteiger partial charge in [-0.1, -0.05) is 23.9 Å². The fourth-order valence-corrected chi connectivity index (χ4v) is 4.58. The summed E-state index contributed by atoms with van der Waals surface area (Å²) in [5.41, 5.74) is 4.35. The van der Waals surface area contributed by atoms with Gasteiger partial charge < -0.3 is 10.1 Å². The molecule has 150 valence electrons. The van der Waals surface area contributed by atoms with Gasteiger partial charge in [-0.15, -0.1) is 0 Å². The number of hydrogen-bond donors (Lipinski definition) is 1. The molecular formula is C23H25N3O2S. The van der Waals surface area contributed by atoms with E-state index in [1.54, 1.807) is 11.8 Å². The largest absolute Gasteiger partial charge is 0.381 e. The molecule has 1 saturated heterocycles. The quantitative estimate of drug-likeness (QED) is 0.653. The van der Waals surface area contributed by atoms with Crippen LogP contribution < -0.4 is 5.32 Å². The monoisotopic (exact) mass is 407 g/mol. The lowest BCUT2D eigenvalue weighted by molar-refractivity contribution is -0.122. The molecule has 0 unspecified atom stereocenters. The maximum atomic E-state index is 12.5. The van der Waals surface area contributed by atoms with Gasteiger partial charge >= 0.3 is 0 Å². The Hall–Kier alpha value is -2.57. The first-order valence-corrected chi connectivity index (χ1v) is 10.7. The second kappa shape index (κ2) is 8.84. The molecule has 2 aromatic carbocycles. The Balaban J connectivity index is 1.46. The van der Waals surface area contributed by atoms with Crippen molar-refractivity contribution < 1.29 is 9.53 Å². The molecule has 3 aromatic rings.